The van der Waals surface area contributed by atoms with Gasteiger partial charge in [0.25, 0.3) is 11.8 Å². The highest BCUT2D eigenvalue weighted by Gasteiger charge is 2.27. The number of fused-ring (bicyclic) bond motifs is 1. The van der Waals surface area contributed by atoms with Crippen LogP contribution in [0.3, 0.4) is 0 Å². The van der Waals surface area contributed by atoms with Crippen LogP contribution in [0.5, 0.6) is 5.75 Å². The average Bonchev–Trinajstić information content (AvgIpc) is 2.97. The molecule has 4 rings (SSSR count). The van der Waals surface area contributed by atoms with Gasteiger partial charge in [-0.15, -0.1) is 0 Å². The van der Waals surface area contributed by atoms with Gasteiger partial charge in [-0.25, -0.2) is 4.98 Å². The van der Waals surface area contributed by atoms with E-state index in [9.17, 15) is 14.7 Å². The van der Waals surface area contributed by atoms with Crippen molar-refractivity contribution in [1.29, 1.82) is 0 Å². The monoisotopic (exact) mass is 451 g/mol. The molecule has 3 aromatic rings. The number of amides is 2. The number of hydrogen-bond donors (Lipinski definition) is 2. The van der Waals surface area contributed by atoms with Crippen molar-refractivity contribution in [2.24, 2.45) is 0 Å². The molecule has 1 aliphatic heterocycles. The molecule has 2 heterocycles. The maximum absolute atomic E-state index is 13.2. The van der Waals surface area contributed by atoms with Crippen LogP contribution in [0.2, 0.25) is 5.02 Å². The molecule has 0 spiro atoms. The van der Waals surface area contributed by atoms with E-state index in [1.807, 2.05) is 0 Å². The zero-order chi connectivity index (χ0) is 22.7. The summed E-state index contributed by atoms with van der Waals surface area (Å²) in [6, 6.07) is 15.2. The predicted molar refractivity (Wildman–Crippen MR) is 123 cm³/mol. The largest absolute Gasteiger partial charge is 0.496 e. The van der Waals surface area contributed by atoms with Gasteiger partial charge in [-0.2, -0.15) is 0 Å². The molecule has 2 N–H and O–H groups in total. The topological polar surface area (TPSA) is 91.8 Å². The van der Waals surface area contributed by atoms with Crippen LogP contribution in [0.25, 0.3) is 0 Å². The summed E-state index contributed by atoms with van der Waals surface area (Å²) in [7, 11) is 1.50. The predicted octanol–water partition coefficient (Wildman–Crippen LogP) is 4.47. The molecule has 1 atom stereocenters. The van der Waals surface area contributed by atoms with E-state index < -0.39 is 6.10 Å². The van der Waals surface area contributed by atoms with Crippen molar-refractivity contribution in [2.45, 2.75) is 18.9 Å². The number of hydrogen-bond acceptors (Lipinski definition) is 5. The smallest absolute Gasteiger partial charge is 0.276 e. The molecule has 7 nitrogen and oxygen atoms in total. The van der Waals surface area contributed by atoms with E-state index in [1.54, 1.807) is 59.5 Å². The van der Waals surface area contributed by atoms with Gasteiger partial charge in [0.05, 0.1) is 30.7 Å². The zero-order valence-corrected chi connectivity index (χ0v) is 18.2. The van der Waals surface area contributed by atoms with E-state index in [2.05, 4.69) is 10.3 Å². The molecule has 0 radical (unpaired) electrons. The molecular weight excluding hydrogens is 430 g/mol. The number of nitrogens with zero attached hydrogens (tertiary/aromatic N) is 2. The van der Waals surface area contributed by atoms with E-state index in [1.165, 1.54) is 13.3 Å². The fourth-order valence-electron chi connectivity index (χ4n) is 3.73. The van der Waals surface area contributed by atoms with Crippen molar-refractivity contribution in [2.75, 3.05) is 23.9 Å². The van der Waals surface area contributed by atoms with Crippen LogP contribution >= 0.6 is 11.6 Å². The summed E-state index contributed by atoms with van der Waals surface area (Å²) in [5.41, 5.74) is 2.34. The number of methoxy groups -OCH3 is 1. The van der Waals surface area contributed by atoms with Gasteiger partial charge in [-0.1, -0.05) is 23.7 Å². The summed E-state index contributed by atoms with van der Waals surface area (Å²) in [6.45, 7) is 0.457. The van der Waals surface area contributed by atoms with Crippen LogP contribution in [0.4, 0.5) is 11.4 Å². The maximum Gasteiger partial charge on any atom is 0.276 e. The summed E-state index contributed by atoms with van der Waals surface area (Å²) in [5.74, 6) is -0.159. The first-order valence-electron chi connectivity index (χ1n) is 10.2. The van der Waals surface area contributed by atoms with Crippen LogP contribution in [0.1, 0.15) is 45.4 Å². The molecule has 0 aliphatic carbocycles. The van der Waals surface area contributed by atoms with Gasteiger partial charge in [0.2, 0.25) is 0 Å². The van der Waals surface area contributed by atoms with Gasteiger partial charge in [-0.3, -0.25) is 9.59 Å². The number of rotatable bonds is 4. The van der Waals surface area contributed by atoms with Gasteiger partial charge in [0.15, 0.2) is 0 Å². The number of anilines is 2. The highest BCUT2D eigenvalue weighted by atomic mass is 35.5. The summed E-state index contributed by atoms with van der Waals surface area (Å²) in [4.78, 5) is 31.6. The van der Waals surface area contributed by atoms with E-state index in [-0.39, 0.29) is 17.5 Å². The molecule has 0 bridgehead atoms. The number of benzene rings is 2. The van der Waals surface area contributed by atoms with Gasteiger partial charge in [0, 0.05) is 22.8 Å². The fourth-order valence-corrected chi connectivity index (χ4v) is 3.91. The standard InChI is InChI=1S/C24H22ClN3O4/c1-32-22-7-3-2-5-17(22)23(30)27-16-9-10-19(26-14-16)24(31)28-12-4-6-21(29)18-13-15(25)8-11-20(18)28/h2-3,5,7-11,13-14,21,29H,4,6,12H2,1H3,(H,27,30). The van der Waals surface area contributed by atoms with Crippen molar-refractivity contribution in [3.63, 3.8) is 0 Å². The zero-order valence-electron chi connectivity index (χ0n) is 17.4. The SMILES string of the molecule is COc1ccccc1C(=O)Nc1ccc(C(=O)N2CCCC(O)c3cc(Cl)ccc32)nc1. The van der Waals surface area contributed by atoms with Crippen molar-refractivity contribution in [3.8, 4) is 5.75 Å². The van der Waals surface area contributed by atoms with Gasteiger partial charge >= 0.3 is 0 Å². The van der Waals surface area contributed by atoms with Crippen molar-refractivity contribution in [1.82, 2.24) is 4.98 Å². The average molecular weight is 452 g/mol. The Labute approximate surface area is 190 Å². The van der Waals surface area contributed by atoms with Crippen LogP contribution < -0.4 is 15.0 Å². The summed E-state index contributed by atoms with van der Waals surface area (Å²) in [5, 5.41) is 13.7. The Bertz CT molecular complexity index is 1150. The molecule has 2 aromatic carbocycles. The Kier molecular flexibility index (Phi) is 6.39. The van der Waals surface area contributed by atoms with Gasteiger partial charge < -0.3 is 20.1 Å². The number of carbonyl (C=O) groups excluding carboxylic acids is 2. The lowest BCUT2D eigenvalue weighted by Crippen LogP contribution is -2.32. The number of ether oxygens (including phenoxy) is 1. The first kappa shape index (κ1) is 21.8. The molecule has 1 aromatic heterocycles. The second-order valence-electron chi connectivity index (χ2n) is 7.40. The quantitative estimate of drug-likeness (QED) is 0.610. The van der Waals surface area contributed by atoms with Gasteiger partial charge in [-0.05, 0) is 55.3 Å². The van der Waals surface area contributed by atoms with E-state index in [0.717, 1.165) is 0 Å². The highest BCUT2D eigenvalue weighted by Crippen LogP contribution is 2.35. The van der Waals surface area contributed by atoms with Crippen LogP contribution in [0.15, 0.2) is 60.8 Å². The molecule has 0 saturated heterocycles. The lowest BCUT2D eigenvalue weighted by molar-refractivity contribution is 0.0981. The lowest BCUT2D eigenvalue weighted by Gasteiger charge is -2.23. The molecule has 2 amide bonds. The third-order valence-electron chi connectivity index (χ3n) is 5.34. The molecule has 164 valence electrons. The third kappa shape index (κ3) is 4.44. The first-order valence-corrected chi connectivity index (χ1v) is 10.6. The Morgan fingerprint density at radius 3 is 2.75 bits per heavy atom. The number of aliphatic hydroxyl groups excluding tert-OH is 1. The normalized spacial score (nSPS) is 15.5. The van der Waals surface area contributed by atoms with Crippen LogP contribution in [-0.4, -0.2) is 35.6 Å². The Morgan fingerprint density at radius 2 is 2.00 bits per heavy atom. The van der Waals surface area contributed by atoms with Crippen molar-refractivity contribution < 1.29 is 19.4 Å². The van der Waals surface area contributed by atoms with E-state index >= 15 is 0 Å². The summed E-state index contributed by atoms with van der Waals surface area (Å²) in [6.07, 6.45) is 1.95. The lowest BCUT2D eigenvalue weighted by atomic mass is 10.0. The number of pyridine rings is 1. The number of halogens is 1. The minimum absolute atomic E-state index is 0.234. The molecule has 32 heavy (non-hydrogen) atoms. The number of aromatic nitrogens is 1. The van der Waals surface area contributed by atoms with Crippen LogP contribution in [0, 0.1) is 0 Å². The summed E-state index contributed by atoms with van der Waals surface area (Å²) >= 11 is 6.09. The van der Waals surface area contributed by atoms with Crippen molar-refractivity contribution in [3.05, 3.63) is 82.6 Å². The molecule has 0 fully saturated rings. The highest BCUT2D eigenvalue weighted by molar-refractivity contribution is 6.30. The maximum atomic E-state index is 13.2. The summed E-state index contributed by atoms with van der Waals surface area (Å²) < 4.78 is 5.22. The molecule has 1 aliphatic rings. The van der Waals surface area contributed by atoms with Crippen LogP contribution in [-0.2, 0) is 0 Å². The minimum atomic E-state index is -0.679. The second kappa shape index (κ2) is 9.38. The Hall–Kier alpha value is -3.42. The van der Waals surface area contributed by atoms with Gasteiger partial charge in [0.1, 0.15) is 11.4 Å². The molecule has 0 saturated carbocycles. The van der Waals surface area contributed by atoms with E-state index in [0.29, 0.717) is 52.7 Å². The molecule has 1 unspecified atom stereocenters. The Morgan fingerprint density at radius 1 is 1.19 bits per heavy atom. The third-order valence-corrected chi connectivity index (χ3v) is 5.57. The number of nitrogens with one attached hydrogen (secondary N) is 1. The second-order valence-corrected chi connectivity index (χ2v) is 7.84. The fraction of sp³-hybridized carbons (Fsp3) is 0.208. The molecule has 8 heteroatoms. The van der Waals surface area contributed by atoms with E-state index in [4.69, 9.17) is 16.3 Å². The first-order chi connectivity index (χ1) is 15.5. The number of para-hydroxylation sites is 1. The molecular formula is C24H22ClN3O4. The number of carbonyl (C=O) groups is 2. The minimum Gasteiger partial charge on any atom is -0.496 e. The Balaban J connectivity index is 1.54. The van der Waals surface area contributed by atoms with Crippen molar-refractivity contribution >= 4 is 34.8 Å². The number of aliphatic hydroxyl groups is 1.